The SMILES string of the molecule is COc1ccc(Br)c(CNCCCc2nc3ccccc3[nH]2)c1OCc1ccccc1. The lowest BCUT2D eigenvalue weighted by molar-refractivity contribution is 0.280. The molecule has 0 saturated heterocycles. The third-order valence-electron chi connectivity index (χ3n) is 5.12. The Balaban J connectivity index is 1.35. The van der Waals surface area contributed by atoms with Crippen LogP contribution in [0.4, 0.5) is 0 Å². The summed E-state index contributed by atoms with van der Waals surface area (Å²) in [6.45, 7) is 2.05. The highest BCUT2D eigenvalue weighted by molar-refractivity contribution is 9.10. The van der Waals surface area contributed by atoms with Crippen LogP contribution in [-0.2, 0) is 19.6 Å². The second-order valence-electron chi connectivity index (χ2n) is 7.31. The van der Waals surface area contributed by atoms with Crippen molar-refractivity contribution < 1.29 is 9.47 Å². The molecule has 2 N–H and O–H groups in total. The highest BCUT2D eigenvalue weighted by atomic mass is 79.9. The molecule has 0 aliphatic carbocycles. The van der Waals surface area contributed by atoms with Crippen LogP contribution in [0.5, 0.6) is 11.5 Å². The number of aromatic nitrogens is 2. The number of halogens is 1. The Bertz CT molecular complexity index is 1100. The zero-order valence-electron chi connectivity index (χ0n) is 17.5. The fraction of sp³-hybridized carbons (Fsp3) is 0.240. The summed E-state index contributed by atoms with van der Waals surface area (Å²) in [4.78, 5) is 8.03. The molecule has 160 valence electrons. The van der Waals surface area contributed by atoms with Crippen LogP contribution < -0.4 is 14.8 Å². The first-order valence-electron chi connectivity index (χ1n) is 10.4. The minimum Gasteiger partial charge on any atom is -0.493 e. The van der Waals surface area contributed by atoms with Crippen LogP contribution in [0.15, 0.2) is 71.2 Å². The average Bonchev–Trinajstić information content (AvgIpc) is 3.22. The molecule has 0 amide bonds. The number of methoxy groups -OCH3 is 1. The molecule has 0 atom stereocenters. The van der Waals surface area contributed by atoms with Gasteiger partial charge in [-0.05, 0) is 42.8 Å². The third-order valence-corrected chi connectivity index (χ3v) is 5.86. The van der Waals surface area contributed by atoms with Crippen LogP contribution in [0.2, 0.25) is 0 Å². The number of hydrogen-bond acceptors (Lipinski definition) is 4. The van der Waals surface area contributed by atoms with E-state index in [0.717, 1.165) is 63.3 Å². The molecule has 1 aromatic heterocycles. The first-order chi connectivity index (χ1) is 15.2. The molecule has 0 unspecified atom stereocenters. The summed E-state index contributed by atoms with van der Waals surface area (Å²) in [7, 11) is 1.67. The summed E-state index contributed by atoms with van der Waals surface area (Å²) < 4.78 is 12.7. The molecule has 5 nitrogen and oxygen atoms in total. The maximum absolute atomic E-state index is 6.18. The highest BCUT2D eigenvalue weighted by Gasteiger charge is 2.15. The van der Waals surface area contributed by atoms with E-state index in [4.69, 9.17) is 9.47 Å². The van der Waals surface area contributed by atoms with Gasteiger partial charge in [-0.15, -0.1) is 0 Å². The van der Waals surface area contributed by atoms with E-state index in [1.165, 1.54) is 0 Å². The number of H-pyrrole nitrogens is 1. The van der Waals surface area contributed by atoms with Crippen molar-refractivity contribution in [3.63, 3.8) is 0 Å². The molecule has 0 aliphatic heterocycles. The van der Waals surface area contributed by atoms with E-state index in [1.54, 1.807) is 7.11 Å². The van der Waals surface area contributed by atoms with E-state index in [-0.39, 0.29) is 0 Å². The second-order valence-corrected chi connectivity index (χ2v) is 8.17. The fourth-order valence-corrected chi connectivity index (χ4v) is 3.97. The largest absolute Gasteiger partial charge is 0.493 e. The molecule has 3 aromatic carbocycles. The molecule has 0 bridgehead atoms. The van der Waals surface area contributed by atoms with Crippen LogP contribution in [0.1, 0.15) is 23.4 Å². The van der Waals surface area contributed by atoms with Crippen molar-refractivity contribution >= 4 is 27.0 Å². The molecular formula is C25H26BrN3O2. The Morgan fingerprint density at radius 3 is 2.61 bits per heavy atom. The van der Waals surface area contributed by atoms with Crippen molar-refractivity contribution in [3.05, 3.63) is 88.2 Å². The minimum absolute atomic E-state index is 0.493. The van der Waals surface area contributed by atoms with Crippen LogP contribution in [0.3, 0.4) is 0 Å². The number of nitrogens with zero attached hydrogens (tertiary/aromatic N) is 1. The zero-order valence-corrected chi connectivity index (χ0v) is 19.1. The van der Waals surface area contributed by atoms with Gasteiger partial charge in [-0.1, -0.05) is 58.4 Å². The smallest absolute Gasteiger partial charge is 0.167 e. The molecule has 4 aromatic rings. The maximum atomic E-state index is 6.18. The fourth-order valence-electron chi connectivity index (χ4n) is 3.51. The number of aryl methyl sites for hydroxylation is 1. The van der Waals surface area contributed by atoms with E-state index < -0.39 is 0 Å². The van der Waals surface area contributed by atoms with Crippen molar-refractivity contribution in [1.82, 2.24) is 15.3 Å². The van der Waals surface area contributed by atoms with E-state index in [2.05, 4.69) is 49.4 Å². The number of benzene rings is 3. The molecule has 0 saturated carbocycles. The van der Waals surface area contributed by atoms with Crippen molar-refractivity contribution in [3.8, 4) is 11.5 Å². The van der Waals surface area contributed by atoms with E-state index in [1.807, 2.05) is 48.5 Å². The van der Waals surface area contributed by atoms with Crippen molar-refractivity contribution in [2.24, 2.45) is 0 Å². The van der Waals surface area contributed by atoms with E-state index >= 15 is 0 Å². The van der Waals surface area contributed by atoms with Gasteiger partial charge in [0, 0.05) is 23.0 Å². The Kier molecular flexibility index (Phi) is 7.22. The molecule has 0 aliphatic rings. The van der Waals surface area contributed by atoms with Crippen LogP contribution in [0.25, 0.3) is 11.0 Å². The number of aromatic amines is 1. The van der Waals surface area contributed by atoms with Gasteiger partial charge in [0.15, 0.2) is 11.5 Å². The number of imidazole rings is 1. The van der Waals surface area contributed by atoms with Gasteiger partial charge < -0.3 is 19.8 Å². The molecule has 6 heteroatoms. The van der Waals surface area contributed by atoms with Crippen molar-refractivity contribution in [2.75, 3.05) is 13.7 Å². The number of rotatable bonds is 10. The van der Waals surface area contributed by atoms with Gasteiger partial charge in [-0.2, -0.15) is 0 Å². The molecule has 31 heavy (non-hydrogen) atoms. The minimum atomic E-state index is 0.493. The summed E-state index contributed by atoms with van der Waals surface area (Å²) in [5.74, 6) is 2.53. The lowest BCUT2D eigenvalue weighted by Gasteiger charge is -2.17. The van der Waals surface area contributed by atoms with Gasteiger partial charge in [0.1, 0.15) is 12.4 Å². The van der Waals surface area contributed by atoms with Gasteiger partial charge in [0.05, 0.1) is 18.1 Å². The molecule has 1 heterocycles. The molecule has 0 radical (unpaired) electrons. The van der Waals surface area contributed by atoms with E-state index in [9.17, 15) is 0 Å². The summed E-state index contributed by atoms with van der Waals surface area (Å²) in [5, 5.41) is 3.53. The normalized spacial score (nSPS) is 11.0. The third kappa shape index (κ3) is 5.46. The Labute approximate surface area is 190 Å². The summed E-state index contributed by atoms with van der Waals surface area (Å²) in [5.41, 5.74) is 4.28. The number of ether oxygens (including phenoxy) is 2. The van der Waals surface area contributed by atoms with Gasteiger partial charge >= 0.3 is 0 Å². The standard InChI is InChI=1S/C25H26BrN3O2/c1-30-23-14-13-20(26)19(25(23)31-17-18-8-3-2-4-9-18)16-27-15-7-12-24-28-21-10-5-6-11-22(21)29-24/h2-6,8-11,13-14,27H,7,12,15-17H2,1H3,(H,28,29). The molecule has 4 rings (SSSR count). The monoisotopic (exact) mass is 479 g/mol. The van der Waals surface area contributed by atoms with Crippen LogP contribution in [0, 0.1) is 0 Å². The Morgan fingerprint density at radius 1 is 1.00 bits per heavy atom. The summed E-state index contributed by atoms with van der Waals surface area (Å²) >= 11 is 3.67. The zero-order chi connectivity index (χ0) is 21.5. The van der Waals surface area contributed by atoms with Gasteiger partial charge in [-0.3, -0.25) is 0 Å². The number of hydrogen-bond donors (Lipinski definition) is 2. The van der Waals surface area contributed by atoms with Crippen molar-refractivity contribution in [1.29, 1.82) is 0 Å². The number of para-hydroxylation sites is 2. The van der Waals surface area contributed by atoms with E-state index in [0.29, 0.717) is 13.2 Å². The lowest BCUT2D eigenvalue weighted by atomic mass is 10.1. The Morgan fingerprint density at radius 2 is 1.81 bits per heavy atom. The average molecular weight is 480 g/mol. The predicted octanol–water partition coefficient (Wildman–Crippen LogP) is 5.64. The topological polar surface area (TPSA) is 59.2 Å². The second kappa shape index (κ2) is 10.5. The van der Waals surface area contributed by atoms with Gasteiger partial charge in [-0.25, -0.2) is 4.98 Å². The number of fused-ring (bicyclic) bond motifs is 1. The molecular weight excluding hydrogens is 454 g/mol. The predicted molar refractivity (Wildman–Crippen MR) is 128 cm³/mol. The molecule has 0 spiro atoms. The quantitative estimate of drug-likeness (QED) is 0.289. The first kappa shape index (κ1) is 21.4. The molecule has 0 fully saturated rings. The van der Waals surface area contributed by atoms with Gasteiger partial charge in [0.2, 0.25) is 0 Å². The maximum Gasteiger partial charge on any atom is 0.167 e. The van der Waals surface area contributed by atoms with Gasteiger partial charge in [0.25, 0.3) is 0 Å². The lowest BCUT2D eigenvalue weighted by Crippen LogP contribution is -2.17. The van der Waals surface area contributed by atoms with Crippen molar-refractivity contribution in [2.45, 2.75) is 26.0 Å². The van der Waals surface area contributed by atoms with Crippen LogP contribution in [-0.4, -0.2) is 23.6 Å². The summed E-state index contributed by atoms with van der Waals surface area (Å²) in [6.07, 6.45) is 1.89. The first-order valence-corrected chi connectivity index (χ1v) is 11.2. The highest BCUT2D eigenvalue weighted by Crippen LogP contribution is 2.36. The van der Waals surface area contributed by atoms with Crippen LogP contribution >= 0.6 is 15.9 Å². The number of nitrogens with one attached hydrogen (secondary N) is 2. The summed E-state index contributed by atoms with van der Waals surface area (Å²) in [6, 6.07) is 22.2. The Hall–Kier alpha value is -2.83.